The quantitative estimate of drug-likeness (QED) is 0.622. The van der Waals surface area contributed by atoms with Crippen LogP contribution in [-0.4, -0.2) is 29.5 Å². The molecule has 0 radical (unpaired) electrons. The van der Waals surface area contributed by atoms with Crippen molar-refractivity contribution in [2.75, 3.05) is 14.2 Å². The Kier molecular flexibility index (Phi) is 2.98. The summed E-state index contributed by atoms with van der Waals surface area (Å²) in [6.45, 7) is 0. The summed E-state index contributed by atoms with van der Waals surface area (Å²) >= 11 is 0. The topological polar surface area (TPSA) is 109 Å². The lowest BCUT2D eigenvalue weighted by Crippen LogP contribution is -2.04. The van der Waals surface area contributed by atoms with Crippen molar-refractivity contribution >= 4 is 21.9 Å². The number of aromatic hydroxyl groups is 3. The van der Waals surface area contributed by atoms with Gasteiger partial charge in [-0.05, 0) is 6.07 Å². The summed E-state index contributed by atoms with van der Waals surface area (Å²) in [6, 6.07) is 3.56. The van der Waals surface area contributed by atoms with E-state index in [1.165, 1.54) is 26.4 Å². The molecule has 2 aromatic carbocycles. The van der Waals surface area contributed by atoms with Gasteiger partial charge >= 0.3 is 0 Å². The van der Waals surface area contributed by atoms with Gasteiger partial charge in [-0.1, -0.05) is 0 Å². The van der Waals surface area contributed by atoms with Crippen molar-refractivity contribution in [3.63, 3.8) is 0 Å². The summed E-state index contributed by atoms with van der Waals surface area (Å²) in [7, 11) is 2.70. The van der Waals surface area contributed by atoms with Gasteiger partial charge in [0.1, 0.15) is 22.5 Å². The predicted molar refractivity (Wildman–Crippen MR) is 78.1 cm³/mol. The van der Waals surface area contributed by atoms with Crippen LogP contribution in [-0.2, 0) is 0 Å². The van der Waals surface area contributed by atoms with Crippen LogP contribution in [0.4, 0.5) is 0 Å². The highest BCUT2D eigenvalue weighted by Gasteiger charge is 2.21. The molecule has 0 unspecified atom stereocenters. The van der Waals surface area contributed by atoms with Crippen LogP contribution in [0.15, 0.2) is 27.4 Å². The molecular weight excluding hydrogens is 292 g/mol. The van der Waals surface area contributed by atoms with E-state index in [4.69, 9.17) is 13.9 Å². The van der Waals surface area contributed by atoms with Crippen molar-refractivity contribution < 1.29 is 29.2 Å². The monoisotopic (exact) mass is 304 g/mol. The Hall–Kier alpha value is -3.09. The summed E-state index contributed by atoms with van der Waals surface area (Å²) in [4.78, 5) is 12.5. The molecule has 0 atom stereocenters. The first-order valence-corrected chi connectivity index (χ1v) is 6.24. The first kappa shape index (κ1) is 13.9. The van der Waals surface area contributed by atoms with E-state index in [0.29, 0.717) is 0 Å². The molecule has 0 saturated carbocycles. The highest BCUT2D eigenvalue weighted by atomic mass is 16.5. The number of hydrogen-bond acceptors (Lipinski definition) is 7. The smallest absolute Gasteiger partial charge is 0.207 e. The minimum absolute atomic E-state index is 0.0156. The van der Waals surface area contributed by atoms with Gasteiger partial charge in [-0.3, -0.25) is 4.79 Å². The summed E-state index contributed by atoms with van der Waals surface area (Å²) < 4.78 is 15.6. The molecule has 0 fully saturated rings. The largest absolute Gasteiger partial charge is 0.508 e. The van der Waals surface area contributed by atoms with Crippen LogP contribution < -0.4 is 14.9 Å². The molecule has 0 saturated heterocycles. The fourth-order valence-corrected chi connectivity index (χ4v) is 2.37. The maximum absolute atomic E-state index is 12.5. The molecule has 0 amide bonds. The molecule has 114 valence electrons. The van der Waals surface area contributed by atoms with E-state index in [1.54, 1.807) is 0 Å². The number of hydrogen-bond donors (Lipinski definition) is 3. The Balaban J connectivity index is 2.58. The molecular formula is C15H12O7. The van der Waals surface area contributed by atoms with Crippen molar-refractivity contribution in [1.29, 1.82) is 0 Å². The van der Waals surface area contributed by atoms with E-state index < -0.39 is 16.9 Å². The third-order valence-corrected chi connectivity index (χ3v) is 3.35. The average Bonchev–Trinajstić information content (AvgIpc) is 2.47. The number of methoxy groups -OCH3 is 2. The molecule has 3 rings (SSSR count). The number of rotatable bonds is 2. The van der Waals surface area contributed by atoms with E-state index in [0.717, 1.165) is 6.07 Å². The maximum Gasteiger partial charge on any atom is 0.207 e. The van der Waals surface area contributed by atoms with Crippen molar-refractivity contribution in [2.45, 2.75) is 0 Å². The molecule has 1 aromatic heterocycles. The van der Waals surface area contributed by atoms with Gasteiger partial charge in [0.05, 0.1) is 19.6 Å². The van der Waals surface area contributed by atoms with Gasteiger partial charge in [-0.15, -0.1) is 0 Å². The summed E-state index contributed by atoms with van der Waals surface area (Å²) in [6.07, 6.45) is 0. The summed E-state index contributed by atoms with van der Waals surface area (Å²) in [5.41, 5.74) is -0.748. The summed E-state index contributed by atoms with van der Waals surface area (Å²) in [5, 5.41) is 29.5. The van der Waals surface area contributed by atoms with Gasteiger partial charge < -0.3 is 29.2 Å². The minimum Gasteiger partial charge on any atom is -0.508 e. The molecule has 1 heterocycles. The number of ether oxygens (including phenoxy) is 2. The van der Waals surface area contributed by atoms with Gasteiger partial charge in [0.15, 0.2) is 11.3 Å². The van der Waals surface area contributed by atoms with E-state index in [9.17, 15) is 20.1 Å². The standard InChI is InChI=1S/C15H12O7/c1-20-10-5-7-12(18)11-8(17)3-6(16)4-9(11)22-14(7)13(19)15(10)21-2/h3-5,16-17,19H,1-2H3. The highest BCUT2D eigenvalue weighted by Crippen LogP contribution is 2.43. The van der Waals surface area contributed by atoms with Crippen LogP contribution in [0.2, 0.25) is 0 Å². The predicted octanol–water partition coefficient (Wildman–Crippen LogP) is 2.08. The SMILES string of the molecule is COc1cc2c(=O)c3c(O)cc(O)cc3oc2c(O)c1OC. The first-order chi connectivity index (χ1) is 10.5. The van der Waals surface area contributed by atoms with Gasteiger partial charge in [0, 0.05) is 12.1 Å². The zero-order chi connectivity index (χ0) is 16.0. The maximum atomic E-state index is 12.5. The molecule has 7 heteroatoms. The van der Waals surface area contributed by atoms with Crippen LogP contribution in [0.5, 0.6) is 28.7 Å². The fourth-order valence-electron chi connectivity index (χ4n) is 2.37. The van der Waals surface area contributed by atoms with E-state index >= 15 is 0 Å². The zero-order valence-corrected chi connectivity index (χ0v) is 11.7. The number of phenolic OH excluding ortho intramolecular Hbond substituents is 3. The second kappa shape index (κ2) is 4.73. The van der Waals surface area contributed by atoms with Crippen LogP contribution >= 0.6 is 0 Å². The lowest BCUT2D eigenvalue weighted by molar-refractivity contribution is 0.333. The molecule has 0 spiro atoms. The molecule has 0 aliphatic rings. The number of phenols is 3. The molecule has 0 bridgehead atoms. The number of benzene rings is 2. The Bertz CT molecular complexity index is 956. The van der Waals surface area contributed by atoms with Crippen molar-refractivity contribution in [3.05, 3.63) is 28.4 Å². The Morgan fingerprint density at radius 2 is 1.77 bits per heavy atom. The third-order valence-electron chi connectivity index (χ3n) is 3.35. The molecule has 0 aliphatic heterocycles. The average molecular weight is 304 g/mol. The lowest BCUT2D eigenvalue weighted by atomic mass is 10.1. The third kappa shape index (κ3) is 1.79. The van der Waals surface area contributed by atoms with Crippen molar-refractivity contribution in [1.82, 2.24) is 0 Å². The highest BCUT2D eigenvalue weighted by molar-refractivity contribution is 5.97. The second-order valence-corrected chi connectivity index (χ2v) is 4.61. The molecule has 0 aliphatic carbocycles. The van der Waals surface area contributed by atoms with Crippen molar-refractivity contribution in [3.8, 4) is 28.7 Å². The van der Waals surface area contributed by atoms with Gasteiger partial charge in [-0.2, -0.15) is 0 Å². The van der Waals surface area contributed by atoms with Gasteiger partial charge in [0.2, 0.25) is 16.9 Å². The zero-order valence-electron chi connectivity index (χ0n) is 11.7. The van der Waals surface area contributed by atoms with Crippen LogP contribution in [0.1, 0.15) is 0 Å². The lowest BCUT2D eigenvalue weighted by Gasteiger charge is -2.12. The fraction of sp³-hybridized carbons (Fsp3) is 0.133. The minimum atomic E-state index is -0.565. The molecule has 22 heavy (non-hydrogen) atoms. The van der Waals surface area contributed by atoms with E-state index in [1.807, 2.05) is 0 Å². The Morgan fingerprint density at radius 3 is 2.41 bits per heavy atom. The van der Waals surface area contributed by atoms with Gasteiger partial charge in [-0.25, -0.2) is 0 Å². The van der Waals surface area contributed by atoms with Crippen molar-refractivity contribution in [2.24, 2.45) is 0 Å². The summed E-state index contributed by atoms with van der Waals surface area (Å²) in [5.74, 6) is -0.926. The Morgan fingerprint density at radius 1 is 1.05 bits per heavy atom. The molecule has 7 nitrogen and oxygen atoms in total. The molecule has 3 N–H and O–H groups in total. The van der Waals surface area contributed by atoms with Crippen LogP contribution in [0, 0.1) is 0 Å². The van der Waals surface area contributed by atoms with Crippen LogP contribution in [0.3, 0.4) is 0 Å². The van der Waals surface area contributed by atoms with E-state index in [2.05, 4.69) is 0 Å². The van der Waals surface area contributed by atoms with Gasteiger partial charge in [0.25, 0.3) is 0 Å². The van der Waals surface area contributed by atoms with E-state index in [-0.39, 0.29) is 39.2 Å². The molecule has 3 aromatic rings. The number of fused-ring (bicyclic) bond motifs is 2. The Labute approximate surface area is 123 Å². The van der Waals surface area contributed by atoms with Crippen LogP contribution in [0.25, 0.3) is 21.9 Å². The second-order valence-electron chi connectivity index (χ2n) is 4.61. The normalized spacial score (nSPS) is 11.0. The first-order valence-electron chi connectivity index (χ1n) is 6.24.